The number of amides is 1. The van der Waals surface area contributed by atoms with Crippen LogP contribution in [0.25, 0.3) is 0 Å². The Hall–Kier alpha value is -2.36. The van der Waals surface area contributed by atoms with E-state index in [0.29, 0.717) is 13.0 Å². The molecule has 0 saturated heterocycles. The molecule has 4 nitrogen and oxygen atoms in total. The predicted octanol–water partition coefficient (Wildman–Crippen LogP) is 2.59. The van der Waals surface area contributed by atoms with E-state index in [2.05, 4.69) is 10.3 Å². The molecule has 1 amide bonds. The molecule has 20 heavy (non-hydrogen) atoms. The van der Waals surface area contributed by atoms with Gasteiger partial charge in [-0.2, -0.15) is 0 Å². The zero-order chi connectivity index (χ0) is 13.8. The molecule has 0 unspecified atom stereocenters. The Kier molecular flexibility index (Phi) is 3.63. The highest BCUT2D eigenvalue weighted by Gasteiger charge is 2.14. The number of fused-ring (bicyclic) bond motifs is 1. The summed E-state index contributed by atoms with van der Waals surface area (Å²) in [5.74, 6) is 0.861. The Balaban J connectivity index is 1.61. The number of aromatic nitrogens is 1. The highest BCUT2D eigenvalue weighted by Crippen LogP contribution is 2.27. The molecule has 0 radical (unpaired) electrons. The first-order valence-electron chi connectivity index (χ1n) is 6.76. The number of carbonyl (C=O) groups is 1. The number of rotatable bonds is 4. The van der Waals surface area contributed by atoms with E-state index in [1.165, 1.54) is 5.56 Å². The quantitative estimate of drug-likeness (QED) is 0.927. The van der Waals surface area contributed by atoms with Gasteiger partial charge in [0, 0.05) is 37.0 Å². The summed E-state index contributed by atoms with van der Waals surface area (Å²) in [6, 6.07) is 9.83. The van der Waals surface area contributed by atoms with Gasteiger partial charge in [-0.15, -0.1) is 0 Å². The summed E-state index contributed by atoms with van der Waals surface area (Å²) in [7, 11) is 0. The van der Waals surface area contributed by atoms with Crippen molar-refractivity contribution >= 4 is 11.6 Å². The van der Waals surface area contributed by atoms with E-state index in [0.717, 1.165) is 29.8 Å². The van der Waals surface area contributed by atoms with Gasteiger partial charge in [-0.05, 0) is 29.7 Å². The lowest BCUT2D eigenvalue weighted by Crippen LogP contribution is -2.18. The van der Waals surface area contributed by atoms with Crippen molar-refractivity contribution in [3.63, 3.8) is 0 Å². The Bertz CT molecular complexity index is 611. The largest absolute Gasteiger partial charge is 0.493 e. The smallest absolute Gasteiger partial charge is 0.224 e. The van der Waals surface area contributed by atoms with Crippen LogP contribution in [-0.2, 0) is 17.6 Å². The molecule has 4 heteroatoms. The summed E-state index contributed by atoms with van der Waals surface area (Å²) in [5.41, 5.74) is 3.20. The fourth-order valence-electron chi connectivity index (χ4n) is 2.27. The zero-order valence-corrected chi connectivity index (χ0v) is 11.1. The van der Waals surface area contributed by atoms with Gasteiger partial charge in [-0.25, -0.2) is 0 Å². The molecular weight excluding hydrogens is 252 g/mol. The molecule has 1 aliphatic rings. The molecule has 0 atom stereocenters. The highest BCUT2D eigenvalue weighted by molar-refractivity contribution is 5.94. The Morgan fingerprint density at radius 1 is 1.25 bits per heavy atom. The van der Waals surface area contributed by atoms with E-state index >= 15 is 0 Å². The van der Waals surface area contributed by atoms with Crippen molar-refractivity contribution in [1.29, 1.82) is 0 Å². The second kappa shape index (κ2) is 5.74. The van der Waals surface area contributed by atoms with Crippen LogP contribution in [0.4, 0.5) is 5.69 Å². The number of nitrogens with one attached hydrogen (secondary N) is 1. The van der Waals surface area contributed by atoms with Crippen LogP contribution < -0.4 is 10.1 Å². The summed E-state index contributed by atoms with van der Waals surface area (Å²) >= 11 is 0. The maximum atomic E-state index is 11.4. The average molecular weight is 268 g/mol. The minimum atomic E-state index is 0.0741. The lowest BCUT2D eigenvalue weighted by Gasteiger charge is -2.17. The van der Waals surface area contributed by atoms with Crippen LogP contribution in [0.1, 0.15) is 17.5 Å². The van der Waals surface area contributed by atoms with E-state index < -0.39 is 0 Å². The van der Waals surface area contributed by atoms with Crippen LogP contribution in [0.3, 0.4) is 0 Å². The van der Waals surface area contributed by atoms with Crippen molar-refractivity contribution in [2.75, 3.05) is 11.9 Å². The molecule has 0 aliphatic carbocycles. The van der Waals surface area contributed by atoms with Crippen LogP contribution in [-0.4, -0.2) is 17.5 Å². The molecule has 0 fully saturated rings. The van der Waals surface area contributed by atoms with Gasteiger partial charge in [0.1, 0.15) is 5.75 Å². The number of benzene rings is 1. The minimum absolute atomic E-state index is 0.0741. The lowest BCUT2D eigenvalue weighted by atomic mass is 10.0. The maximum Gasteiger partial charge on any atom is 0.224 e. The fraction of sp³-hybridized carbons (Fsp3) is 0.250. The minimum Gasteiger partial charge on any atom is -0.493 e. The summed E-state index contributed by atoms with van der Waals surface area (Å²) < 4.78 is 5.73. The molecule has 0 saturated carbocycles. The second-order valence-electron chi connectivity index (χ2n) is 4.83. The number of hydrogen-bond acceptors (Lipinski definition) is 3. The van der Waals surface area contributed by atoms with Gasteiger partial charge in [0.2, 0.25) is 5.91 Å². The molecule has 2 aromatic rings. The monoisotopic (exact) mass is 268 g/mol. The third kappa shape index (κ3) is 2.96. The topological polar surface area (TPSA) is 51.2 Å². The van der Waals surface area contributed by atoms with E-state index in [-0.39, 0.29) is 5.91 Å². The molecule has 0 bridgehead atoms. The summed E-state index contributed by atoms with van der Waals surface area (Å²) in [6.07, 6.45) is 5.79. The number of pyridine rings is 1. The summed E-state index contributed by atoms with van der Waals surface area (Å²) in [5, 5.41) is 2.88. The Morgan fingerprint density at radius 2 is 2.20 bits per heavy atom. The standard InChI is InChI=1S/C16H16N2O2/c19-16-6-4-13-3-5-14(10-15(13)18-16)20-9-7-12-2-1-8-17-11-12/h1-3,5,8,10-11H,4,6-7,9H2,(H,18,19). The number of anilines is 1. The first-order valence-corrected chi connectivity index (χ1v) is 6.76. The van der Waals surface area contributed by atoms with E-state index in [4.69, 9.17) is 4.74 Å². The molecule has 0 spiro atoms. The van der Waals surface area contributed by atoms with Crippen molar-refractivity contribution in [3.05, 3.63) is 53.9 Å². The van der Waals surface area contributed by atoms with Crippen LogP contribution in [0.5, 0.6) is 5.75 Å². The lowest BCUT2D eigenvalue weighted by molar-refractivity contribution is -0.116. The summed E-state index contributed by atoms with van der Waals surface area (Å²) in [6.45, 7) is 0.596. The van der Waals surface area contributed by atoms with Gasteiger partial charge in [0.25, 0.3) is 0 Å². The molecule has 102 valence electrons. The number of ether oxygens (including phenoxy) is 1. The number of aryl methyl sites for hydroxylation is 1. The zero-order valence-electron chi connectivity index (χ0n) is 11.1. The fourth-order valence-corrected chi connectivity index (χ4v) is 2.27. The van der Waals surface area contributed by atoms with Crippen LogP contribution in [0.15, 0.2) is 42.7 Å². The molecule has 2 heterocycles. The average Bonchev–Trinajstić information content (AvgIpc) is 2.48. The third-order valence-electron chi connectivity index (χ3n) is 3.36. The van der Waals surface area contributed by atoms with Crippen molar-refractivity contribution in [2.24, 2.45) is 0 Å². The molecule has 1 N–H and O–H groups in total. The molecule has 3 rings (SSSR count). The van der Waals surface area contributed by atoms with E-state index in [9.17, 15) is 4.79 Å². The van der Waals surface area contributed by atoms with Crippen molar-refractivity contribution in [1.82, 2.24) is 4.98 Å². The Morgan fingerprint density at radius 3 is 3.05 bits per heavy atom. The third-order valence-corrected chi connectivity index (χ3v) is 3.36. The molecule has 1 aliphatic heterocycles. The van der Waals surface area contributed by atoms with Crippen molar-refractivity contribution < 1.29 is 9.53 Å². The van der Waals surface area contributed by atoms with Crippen LogP contribution in [0.2, 0.25) is 0 Å². The molecule has 1 aromatic heterocycles. The second-order valence-corrected chi connectivity index (χ2v) is 4.83. The van der Waals surface area contributed by atoms with Gasteiger partial charge in [-0.1, -0.05) is 12.1 Å². The number of carbonyl (C=O) groups excluding carboxylic acids is 1. The normalized spacial score (nSPS) is 13.5. The van der Waals surface area contributed by atoms with Gasteiger partial charge in [0.05, 0.1) is 6.61 Å². The van der Waals surface area contributed by atoms with Gasteiger partial charge in [-0.3, -0.25) is 9.78 Å². The predicted molar refractivity (Wildman–Crippen MR) is 76.8 cm³/mol. The van der Waals surface area contributed by atoms with Crippen molar-refractivity contribution in [2.45, 2.75) is 19.3 Å². The van der Waals surface area contributed by atoms with Gasteiger partial charge in [0.15, 0.2) is 0 Å². The summed E-state index contributed by atoms with van der Waals surface area (Å²) in [4.78, 5) is 15.5. The van der Waals surface area contributed by atoms with Gasteiger partial charge >= 0.3 is 0 Å². The SMILES string of the molecule is O=C1CCc2ccc(OCCc3cccnc3)cc2N1. The molecule has 1 aromatic carbocycles. The van der Waals surface area contributed by atoms with Gasteiger partial charge < -0.3 is 10.1 Å². The van der Waals surface area contributed by atoms with Crippen LogP contribution >= 0.6 is 0 Å². The van der Waals surface area contributed by atoms with Crippen molar-refractivity contribution in [3.8, 4) is 5.75 Å². The van der Waals surface area contributed by atoms with E-state index in [1.54, 1.807) is 6.20 Å². The Labute approximate surface area is 117 Å². The number of hydrogen-bond donors (Lipinski definition) is 1. The molecular formula is C16H16N2O2. The first kappa shape index (κ1) is 12.7. The highest BCUT2D eigenvalue weighted by atomic mass is 16.5. The number of nitrogens with zero attached hydrogens (tertiary/aromatic N) is 1. The van der Waals surface area contributed by atoms with Crippen LogP contribution in [0, 0.1) is 0 Å². The van der Waals surface area contributed by atoms with E-state index in [1.807, 2.05) is 36.5 Å². The maximum absolute atomic E-state index is 11.4. The first-order chi connectivity index (χ1) is 9.81.